The van der Waals surface area contributed by atoms with Gasteiger partial charge in [0.05, 0.1) is 4.90 Å². The van der Waals surface area contributed by atoms with Crippen molar-refractivity contribution in [3.05, 3.63) is 102 Å². The smallest absolute Gasteiger partial charge is 0.175 e. The second-order valence-electron chi connectivity index (χ2n) is 5.39. The van der Waals surface area contributed by atoms with Gasteiger partial charge in [0.1, 0.15) is 0 Å². The molecule has 0 spiro atoms. The molecule has 0 aliphatic rings. The van der Waals surface area contributed by atoms with Crippen molar-refractivity contribution >= 4 is 9.84 Å². The van der Waals surface area contributed by atoms with Crippen LogP contribution in [0.1, 0.15) is 52.7 Å². The van der Waals surface area contributed by atoms with Crippen LogP contribution in [0.4, 0.5) is 0 Å². The van der Waals surface area contributed by atoms with Crippen LogP contribution in [0, 0.1) is 13.8 Å². The van der Waals surface area contributed by atoms with Crippen LogP contribution >= 0.6 is 0 Å². The molecule has 3 aromatic rings. The molecule has 2 nitrogen and oxygen atoms in total. The van der Waals surface area contributed by atoms with Crippen molar-refractivity contribution in [3.63, 3.8) is 0 Å². The zero-order valence-electron chi connectivity index (χ0n) is 20.4. The molecule has 0 aliphatic carbocycles. The van der Waals surface area contributed by atoms with Gasteiger partial charge in [0.15, 0.2) is 9.84 Å². The summed E-state index contributed by atoms with van der Waals surface area (Å²) in [5.74, 6) is 0. The van der Waals surface area contributed by atoms with Crippen LogP contribution in [-0.2, 0) is 9.84 Å². The molecule has 0 saturated heterocycles. The number of benzene rings is 3. The molecule has 3 rings (SSSR count). The number of aryl methyl sites for hydroxylation is 2. The molecule has 3 heteroatoms. The fourth-order valence-corrected chi connectivity index (χ4v) is 2.39. The van der Waals surface area contributed by atoms with Crippen molar-refractivity contribution in [1.29, 1.82) is 0 Å². The third kappa shape index (κ3) is 20.3. The summed E-state index contributed by atoms with van der Waals surface area (Å²) in [7, 11) is -3.00. The van der Waals surface area contributed by atoms with Gasteiger partial charge in [0, 0.05) is 6.26 Å². The predicted octanol–water partition coefficient (Wildman–Crippen LogP) is 8.16. The lowest BCUT2D eigenvalue weighted by molar-refractivity contribution is 0.602. The first-order chi connectivity index (χ1) is 14.4. The summed E-state index contributed by atoms with van der Waals surface area (Å²) in [6, 6.07) is 28.9. The van der Waals surface area contributed by atoms with E-state index in [1.54, 1.807) is 30.3 Å². The maximum Gasteiger partial charge on any atom is 0.175 e. The van der Waals surface area contributed by atoms with E-state index in [0.717, 1.165) is 0 Å². The second kappa shape index (κ2) is 22.9. The molecule has 0 N–H and O–H groups in total. The third-order valence-electron chi connectivity index (χ3n) is 3.05. The van der Waals surface area contributed by atoms with E-state index in [9.17, 15) is 8.42 Å². The van der Waals surface area contributed by atoms with Crippen LogP contribution in [0.5, 0.6) is 0 Å². The molecule has 30 heavy (non-hydrogen) atoms. The van der Waals surface area contributed by atoms with E-state index in [2.05, 4.69) is 38.1 Å². The summed E-state index contributed by atoms with van der Waals surface area (Å²) >= 11 is 0. The van der Waals surface area contributed by atoms with E-state index >= 15 is 0 Å². The van der Waals surface area contributed by atoms with Crippen molar-refractivity contribution in [2.45, 2.75) is 60.3 Å². The molecule has 3 aromatic carbocycles. The Balaban J connectivity index is -0.000000328. The average molecular weight is 431 g/mol. The first-order valence-electron chi connectivity index (χ1n) is 10.7. The minimum atomic E-state index is -3.00. The highest BCUT2D eigenvalue weighted by molar-refractivity contribution is 7.90. The Morgan fingerprint density at radius 1 is 0.467 bits per heavy atom. The van der Waals surface area contributed by atoms with Crippen molar-refractivity contribution in [2.75, 3.05) is 6.26 Å². The minimum Gasteiger partial charge on any atom is -0.224 e. The lowest BCUT2D eigenvalue weighted by Crippen LogP contribution is -1.95. The molecular formula is C27H42O2S. The van der Waals surface area contributed by atoms with Crippen molar-refractivity contribution in [2.24, 2.45) is 0 Å². The van der Waals surface area contributed by atoms with Crippen molar-refractivity contribution < 1.29 is 8.42 Å². The largest absolute Gasteiger partial charge is 0.224 e. The Hall–Kier alpha value is -2.39. The Bertz CT molecular complexity index is 745. The first kappa shape index (κ1) is 32.3. The highest BCUT2D eigenvalue weighted by atomic mass is 32.2. The predicted molar refractivity (Wildman–Crippen MR) is 136 cm³/mol. The van der Waals surface area contributed by atoms with Crippen LogP contribution < -0.4 is 0 Å². The van der Waals surface area contributed by atoms with Crippen LogP contribution in [0.15, 0.2) is 95.9 Å². The van der Waals surface area contributed by atoms with Crippen molar-refractivity contribution in [1.82, 2.24) is 0 Å². The van der Waals surface area contributed by atoms with Gasteiger partial charge in [-0.1, -0.05) is 132 Å². The molecule has 0 saturated carbocycles. The highest BCUT2D eigenvalue weighted by Gasteiger charge is 2.02. The Morgan fingerprint density at radius 3 is 0.833 bits per heavy atom. The molecule has 0 fully saturated rings. The molecule has 168 valence electrons. The normalized spacial score (nSPS) is 8.43. The standard InChI is InChI=1S/C7H8O2S.2C7H8.3C2H6/c1-10(8,9)7-5-3-2-4-6-7;2*1-7-5-3-2-4-6-7;3*1-2/h2-6H,1H3;2*2-6H,1H3;3*1-2H3. The molecule has 0 atom stereocenters. The summed E-state index contributed by atoms with van der Waals surface area (Å²) in [5, 5.41) is 0. The van der Waals surface area contributed by atoms with Crippen molar-refractivity contribution in [3.8, 4) is 0 Å². The van der Waals surface area contributed by atoms with E-state index in [4.69, 9.17) is 0 Å². The second-order valence-corrected chi connectivity index (χ2v) is 7.41. The number of hydrogen-bond donors (Lipinski definition) is 0. The van der Waals surface area contributed by atoms with Crippen LogP contribution in [0.3, 0.4) is 0 Å². The zero-order valence-corrected chi connectivity index (χ0v) is 21.2. The van der Waals surface area contributed by atoms with Gasteiger partial charge >= 0.3 is 0 Å². The Kier molecular flexibility index (Phi) is 24.6. The fourth-order valence-electron chi connectivity index (χ4n) is 1.74. The number of sulfone groups is 1. The molecule has 0 radical (unpaired) electrons. The molecule has 0 aromatic heterocycles. The topological polar surface area (TPSA) is 34.1 Å². The summed E-state index contributed by atoms with van der Waals surface area (Å²) < 4.78 is 21.7. The SMILES string of the molecule is CC.CC.CC.CS(=O)(=O)c1ccccc1.Cc1ccccc1.Cc1ccccc1. The first-order valence-corrected chi connectivity index (χ1v) is 12.6. The molecule has 0 aliphatic heterocycles. The average Bonchev–Trinajstić information content (AvgIpc) is 2.80. The van der Waals surface area contributed by atoms with Gasteiger partial charge in [-0.3, -0.25) is 0 Å². The summed E-state index contributed by atoms with van der Waals surface area (Å²) in [6.45, 7) is 16.2. The molecule has 0 bridgehead atoms. The number of rotatable bonds is 1. The number of hydrogen-bond acceptors (Lipinski definition) is 2. The molecular weight excluding hydrogens is 388 g/mol. The fraction of sp³-hybridized carbons (Fsp3) is 0.333. The van der Waals surface area contributed by atoms with Gasteiger partial charge in [-0.15, -0.1) is 0 Å². The van der Waals surface area contributed by atoms with E-state index < -0.39 is 9.84 Å². The minimum absolute atomic E-state index is 0.370. The van der Waals surface area contributed by atoms with Gasteiger partial charge in [-0.2, -0.15) is 0 Å². The van der Waals surface area contributed by atoms with E-state index in [0.29, 0.717) is 4.90 Å². The monoisotopic (exact) mass is 430 g/mol. The van der Waals surface area contributed by atoms with Crippen LogP contribution in [-0.4, -0.2) is 14.7 Å². The zero-order chi connectivity index (χ0) is 23.8. The van der Waals surface area contributed by atoms with E-state index in [-0.39, 0.29) is 0 Å². The Labute approximate surface area is 186 Å². The van der Waals surface area contributed by atoms with Gasteiger partial charge < -0.3 is 0 Å². The highest BCUT2D eigenvalue weighted by Crippen LogP contribution is 2.05. The summed E-state index contributed by atoms with van der Waals surface area (Å²) in [4.78, 5) is 0.370. The molecule has 0 heterocycles. The molecule has 0 unspecified atom stereocenters. The summed E-state index contributed by atoms with van der Waals surface area (Å²) in [6.07, 6.45) is 1.20. The quantitative estimate of drug-likeness (QED) is 0.390. The maximum atomic E-state index is 10.8. The van der Waals surface area contributed by atoms with Crippen LogP contribution in [0.2, 0.25) is 0 Å². The van der Waals surface area contributed by atoms with E-state index in [1.165, 1.54) is 17.4 Å². The van der Waals surface area contributed by atoms with E-state index in [1.807, 2.05) is 77.9 Å². The van der Waals surface area contributed by atoms with Gasteiger partial charge in [0.25, 0.3) is 0 Å². The van der Waals surface area contributed by atoms with Gasteiger partial charge in [-0.25, -0.2) is 8.42 Å². The van der Waals surface area contributed by atoms with Gasteiger partial charge in [0.2, 0.25) is 0 Å². The lowest BCUT2D eigenvalue weighted by atomic mass is 10.2. The maximum absolute atomic E-state index is 10.8. The van der Waals surface area contributed by atoms with Crippen LogP contribution in [0.25, 0.3) is 0 Å². The van der Waals surface area contributed by atoms with Gasteiger partial charge in [-0.05, 0) is 26.0 Å². The lowest BCUT2D eigenvalue weighted by Gasteiger charge is -1.93. The third-order valence-corrected chi connectivity index (χ3v) is 4.18. The summed E-state index contributed by atoms with van der Waals surface area (Å²) in [5.41, 5.74) is 2.64. The Morgan fingerprint density at radius 2 is 0.700 bits per heavy atom. The molecule has 0 amide bonds.